The van der Waals surface area contributed by atoms with Gasteiger partial charge in [0.25, 0.3) is 0 Å². The van der Waals surface area contributed by atoms with Gasteiger partial charge in [0.2, 0.25) is 5.95 Å². The van der Waals surface area contributed by atoms with Crippen LogP contribution in [0.1, 0.15) is 13.8 Å². The Morgan fingerprint density at radius 2 is 2.00 bits per heavy atom. The predicted molar refractivity (Wildman–Crippen MR) is 78.5 cm³/mol. The van der Waals surface area contributed by atoms with Crippen molar-refractivity contribution in [2.75, 3.05) is 23.7 Å². The first-order chi connectivity index (χ1) is 9.58. The molecule has 2 aromatic rings. The number of nitrogens with zero attached hydrogens (tertiary/aromatic N) is 5. The van der Waals surface area contributed by atoms with E-state index in [1.54, 1.807) is 4.68 Å². The third kappa shape index (κ3) is 2.33. The molecule has 6 nitrogen and oxygen atoms in total. The van der Waals surface area contributed by atoms with E-state index < -0.39 is 10.8 Å². The van der Waals surface area contributed by atoms with Crippen LogP contribution in [0.5, 0.6) is 0 Å². The maximum absolute atomic E-state index is 12.0. The molecule has 3 rings (SSSR count). The van der Waals surface area contributed by atoms with Crippen molar-refractivity contribution in [2.24, 2.45) is 0 Å². The molecule has 0 radical (unpaired) electrons. The molecule has 0 bridgehead atoms. The van der Waals surface area contributed by atoms with Crippen molar-refractivity contribution in [2.45, 2.75) is 18.6 Å². The summed E-state index contributed by atoms with van der Waals surface area (Å²) in [6, 6.07) is 9.80. The summed E-state index contributed by atoms with van der Waals surface area (Å²) in [7, 11) is -0.803. The zero-order chi connectivity index (χ0) is 14.2. The van der Waals surface area contributed by atoms with E-state index in [9.17, 15) is 4.21 Å². The molecule has 1 fully saturated rings. The molecule has 0 N–H and O–H groups in total. The van der Waals surface area contributed by atoms with E-state index in [1.165, 1.54) is 0 Å². The molecule has 1 unspecified atom stereocenters. The fraction of sp³-hybridized carbons (Fsp3) is 0.462. The van der Waals surface area contributed by atoms with E-state index in [0.717, 1.165) is 5.69 Å². The average molecular weight is 291 g/mol. The minimum absolute atomic E-state index is 0.244. The summed E-state index contributed by atoms with van der Waals surface area (Å²) in [5.74, 6) is 1.36. The highest BCUT2D eigenvalue weighted by atomic mass is 32.2. The fourth-order valence-electron chi connectivity index (χ4n) is 2.37. The van der Waals surface area contributed by atoms with Gasteiger partial charge in [-0.3, -0.25) is 4.21 Å². The first-order valence-corrected chi connectivity index (χ1v) is 7.87. The summed E-state index contributed by atoms with van der Waals surface area (Å²) in [6.07, 6.45) is 0. The normalized spacial score (nSPS) is 21.9. The van der Waals surface area contributed by atoms with Crippen molar-refractivity contribution < 1.29 is 4.21 Å². The van der Waals surface area contributed by atoms with Crippen LogP contribution in [0.25, 0.3) is 5.69 Å². The monoisotopic (exact) mass is 291 g/mol. The summed E-state index contributed by atoms with van der Waals surface area (Å²) < 4.78 is 13.5. The summed E-state index contributed by atoms with van der Waals surface area (Å²) >= 11 is 0. The molecule has 106 valence electrons. The zero-order valence-electron chi connectivity index (χ0n) is 11.6. The molecular formula is C13H17N5OS. The summed E-state index contributed by atoms with van der Waals surface area (Å²) in [6.45, 7) is 5.44. The molecule has 2 heterocycles. The van der Waals surface area contributed by atoms with E-state index in [2.05, 4.69) is 20.4 Å². The van der Waals surface area contributed by atoms with Crippen LogP contribution in [0.15, 0.2) is 30.3 Å². The van der Waals surface area contributed by atoms with Gasteiger partial charge < -0.3 is 4.90 Å². The lowest BCUT2D eigenvalue weighted by molar-refractivity contribution is 0.579. The maximum Gasteiger partial charge on any atom is 0.250 e. The molecular weight excluding hydrogens is 274 g/mol. The maximum atomic E-state index is 12.0. The minimum Gasteiger partial charge on any atom is -0.337 e. The number of para-hydroxylation sites is 1. The van der Waals surface area contributed by atoms with Gasteiger partial charge in [-0.15, -0.1) is 0 Å². The number of rotatable bonds is 2. The molecule has 1 atom stereocenters. The Morgan fingerprint density at radius 1 is 1.25 bits per heavy atom. The van der Waals surface area contributed by atoms with Gasteiger partial charge in [0.1, 0.15) is 0 Å². The summed E-state index contributed by atoms with van der Waals surface area (Å²) in [5.41, 5.74) is 0.928. The fourth-order valence-corrected chi connectivity index (χ4v) is 3.61. The van der Waals surface area contributed by atoms with Crippen LogP contribution in [-0.2, 0) is 10.8 Å². The largest absolute Gasteiger partial charge is 0.337 e. The molecule has 1 aromatic heterocycles. The first kappa shape index (κ1) is 13.2. The van der Waals surface area contributed by atoms with Crippen LogP contribution in [-0.4, -0.2) is 48.0 Å². The molecule has 0 saturated carbocycles. The molecule has 1 aliphatic heterocycles. The molecule has 7 heteroatoms. The van der Waals surface area contributed by atoms with Gasteiger partial charge in [-0.05, 0) is 36.4 Å². The van der Waals surface area contributed by atoms with Gasteiger partial charge in [-0.2, -0.15) is 4.68 Å². The third-order valence-corrected chi connectivity index (χ3v) is 5.39. The van der Waals surface area contributed by atoms with Crippen molar-refractivity contribution in [3.63, 3.8) is 0 Å². The van der Waals surface area contributed by atoms with Gasteiger partial charge in [0, 0.05) is 29.6 Å². The molecule has 1 saturated heterocycles. The number of tetrazole rings is 1. The van der Waals surface area contributed by atoms with Crippen LogP contribution in [0.4, 0.5) is 5.95 Å². The second-order valence-corrected chi connectivity index (χ2v) is 7.66. The SMILES string of the molecule is CC1(C)CN(c2nnnn2-c2ccccc2)CCS1=O. The summed E-state index contributed by atoms with van der Waals surface area (Å²) in [5, 5.41) is 12.0. The number of hydrogen-bond acceptors (Lipinski definition) is 5. The third-order valence-electron chi connectivity index (χ3n) is 3.47. The van der Waals surface area contributed by atoms with E-state index in [4.69, 9.17) is 0 Å². The quantitative estimate of drug-likeness (QED) is 0.826. The average Bonchev–Trinajstić information content (AvgIpc) is 2.92. The van der Waals surface area contributed by atoms with Crippen molar-refractivity contribution in [3.8, 4) is 5.69 Å². The van der Waals surface area contributed by atoms with Crippen molar-refractivity contribution in [1.82, 2.24) is 20.2 Å². The van der Waals surface area contributed by atoms with E-state index >= 15 is 0 Å². The van der Waals surface area contributed by atoms with Gasteiger partial charge in [-0.1, -0.05) is 23.3 Å². The summed E-state index contributed by atoms with van der Waals surface area (Å²) in [4.78, 5) is 2.11. The van der Waals surface area contributed by atoms with Crippen LogP contribution >= 0.6 is 0 Å². The molecule has 0 spiro atoms. The standard InChI is InChI=1S/C13H17N5OS/c1-13(2)10-17(8-9-20(13)19)12-14-15-16-18(12)11-6-4-3-5-7-11/h3-7H,8-10H2,1-2H3. The lowest BCUT2D eigenvalue weighted by Crippen LogP contribution is -2.50. The predicted octanol–water partition coefficient (Wildman–Crippen LogP) is 1.01. The van der Waals surface area contributed by atoms with Crippen molar-refractivity contribution in [3.05, 3.63) is 30.3 Å². The van der Waals surface area contributed by atoms with Gasteiger partial charge in [0.05, 0.1) is 10.4 Å². The van der Waals surface area contributed by atoms with E-state index in [0.29, 0.717) is 24.8 Å². The number of benzene rings is 1. The van der Waals surface area contributed by atoms with E-state index in [-0.39, 0.29) is 4.75 Å². The van der Waals surface area contributed by atoms with Crippen LogP contribution in [0.2, 0.25) is 0 Å². The number of aromatic nitrogens is 4. The Bertz CT molecular complexity index is 625. The van der Waals surface area contributed by atoms with Gasteiger partial charge in [-0.25, -0.2) is 0 Å². The Kier molecular flexibility index (Phi) is 3.29. The second-order valence-electron chi connectivity index (χ2n) is 5.46. The molecule has 0 aliphatic carbocycles. The zero-order valence-corrected chi connectivity index (χ0v) is 12.4. The first-order valence-electron chi connectivity index (χ1n) is 6.55. The highest BCUT2D eigenvalue weighted by Crippen LogP contribution is 2.24. The lowest BCUT2D eigenvalue weighted by Gasteiger charge is -2.37. The van der Waals surface area contributed by atoms with E-state index in [1.807, 2.05) is 44.2 Å². The topological polar surface area (TPSA) is 63.9 Å². The second kappa shape index (κ2) is 4.97. The number of anilines is 1. The lowest BCUT2D eigenvalue weighted by atomic mass is 10.2. The molecule has 1 aliphatic rings. The smallest absolute Gasteiger partial charge is 0.250 e. The highest BCUT2D eigenvalue weighted by molar-refractivity contribution is 7.86. The Balaban J connectivity index is 1.93. The Morgan fingerprint density at radius 3 is 2.70 bits per heavy atom. The Labute approximate surface area is 120 Å². The van der Waals surface area contributed by atoms with Crippen molar-refractivity contribution in [1.29, 1.82) is 0 Å². The van der Waals surface area contributed by atoms with Crippen LogP contribution in [0, 0.1) is 0 Å². The minimum atomic E-state index is -0.803. The highest BCUT2D eigenvalue weighted by Gasteiger charge is 2.35. The molecule has 1 aromatic carbocycles. The van der Waals surface area contributed by atoms with Crippen LogP contribution < -0.4 is 4.90 Å². The Hall–Kier alpha value is -1.76. The van der Waals surface area contributed by atoms with Crippen molar-refractivity contribution >= 4 is 16.7 Å². The molecule has 20 heavy (non-hydrogen) atoms. The number of hydrogen-bond donors (Lipinski definition) is 0. The van der Waals surface area contributed by atoms with Crippen LogP contribution in [0.3, 0.4) is 0 Å². The molecule has 0 amide bonds. The van der Waals surface area contributed by atoms with Gasteiger partial charge >= 0.3 is 0 Å². The van der Waals surface area contributed by atoms with Gasteiger partial charge in [0.15, 0.2) is 0 Å².